The molecule has 1 unspecified atom stereocenters. The zero-order valence-electron chi connectivity index (χ0n) is 12.5. The molecule has 0 heterocycles. The van der Waals surface area contributed by atoms with Crippen LogP contribution in [-0.4, -0.2) is 5.91 Å². The normalized spacial score (nSPS) is 13.6. The van der Waals surface area contributed by atoms with Crippen LogP contribution >= 0.6 is 0 Å². The largest absolute Gasteiger partial charge is 0.366 e. The summed E-state index contributed by atoms with van der Waals surface area (Å²) in [6, 6.07) is 0. The van der Waals surface area contributed by atoms with E-state index in [9.17, 15) is 4.79 Å². The molecular formula is C16H31NO. The summed E-state index contributed by atoms with van der Waals surface area (Å²) < 4.78 is 0. The molecule has 1 atom stereocenters. The van der Waals surface area contributed by atoms with E-state index >= 15 is 0 Å². The summed E-state index contributed by atoms with van der Waals surface area (Å²) in [5, 5.41) is 0. The Bertz CT molecular complexity index is 245. The summed E-state index contributed by atoms with van der Waals surface area (Å²) in [5.41, 5.74) is 5.97. The number of amides is 1. The van der Waals surface area contributed by atoms with Gasteiger partial charge in [-0.05, 0) is 19.3 Å². The number of primary amides is 1. The van der Waals surface area contributed by atoms with Crippen molar-refractivity contribution in [3.05, 3.63) is 11.6 Å². The molecule has 0 saturated heterocycles. The number of unbranched alkanes of at least 4 members (excludes halogenated alkanes) is 4. The first-order valence-corrected chi connectivity index (χ1v) is 7.58. The summed E-state index contributed by atoms with van der Waals surface area (Å²) >= 11 is 0. The predicted molar refractivity (Wildman–Crippen MR) is 79.3 cm³/mol. The minimum Gasteiger partial charge on any atom is -0.366 e. The van der Waals surface area contributed by atoms with Gasteiger partial charge < -0.3 is 5.73 Å². The topological polar surface area (TPSA) is 43.1 Å². The van der Waals surface area contributed by atoms with E-state index in [0.29, 0.717) is 5.57 Å². The number of carbonyl (C=O) groups excluding carboxylic acids is 1. The van der Waals surface area contributed by atoms with Crippen molar-refractivity contribution >= 4 is 5.91 Å². The fraction of sp³-hybridized carbons (Fsp3) is 0.812. The molecule has 2 nitrogen and oxygen atoms in total. The van der Waals surface area contributed by atoms with Crippen LogP contribution in [0.2, 0.25) is 0 Å². The molecule has 0 aromatic rings. The molecule has 2 N–H and O–H groups in total. The number of allylic oxidation sites excluding steroid dienone is 1. The molecule has 0 aromatic carbocycles. The maximum atomic E-state index is 11.0. The average Bonchev–Trinajstić information content (AvgIpc) is 2.36. The van der Waals surface area contributed by atoms with E-state index in [0.717, 1.165) is 12.3 Å². The third-order valence-corrected chi connectivity index (χ3v) is 3.58. The molecule has 1 amide bonds. The van der Waals surface area contributed by atoms with E-state index in [-0.39, 0.29) is 5.91 Å². The standard InChI is InChI=1S/C16H31NO/c1-4-6-8-9-11-15(10-7-5-2)13-12-14(3)16(17)18/h12,15H,4-11,13H2,1-3H3,(H2,17,18)/b14-12+. The molecule has 0 aromatic heterocycles. The van der Waals surface area contributed by atoms with Crippen molar-refractivity contribution in [3.63, 3.8) is 0 Å². The highest BCUT2D eigenvalue weighted by molar-refractivity contribution is 5.91. The van der Waals surface area contributed by atoms with Crippen LogP contribution < -0.4 is 5.73 Å². The van der Waals surface area contributed by atoms with Gasteiger partial charge in [-0.25, -0.2) is 0 Å². The third kappa shape index (κ3) is 9.26. The maximum Gasteiger partial charge on any atom is 0.244 e. The molecule has 0 radical (unpaired) electrons. The summed E-state index contributed by atoms with van der Waals surface area (Å²) in [6.45, 7) is 6.29. The van der Waals surface area contributed by atoms with Crippen molar-refractivity contribution in [2.45, 2.75) is 78.6 Å². The Morgan fingerprint density at radius 2 is 1.67 bits per heavy atom. The van der Waals surface area contributed by atoms with Gasteiger partial charge in [0.05, 0.1) is 0 Å². The lowest BCUT2D eigenvalue weighted by Gasteiger charge is -2.14. The molecule has 2 heteroatoms. The molecule has 0 saturated carbocycles. The molecule has 0 aliphatic carbocycles. The minimum absolute atomic E-state index is 0.282. The second-order valence-corrected chi connectivity index (χ2v) is 5.34. The highest BCUT2D eigenvalue weighted by atomic mass is 16.1. The molecule has 0 spiro atoms. The second kappa shape index (κ2) is 11.3. The second-order valence-electron chi connectivity index (χ2n) is 5.34. The summed E-state index contributed by atoms with van der Waals surface area (Å²) in [6.07, 6.45) is 13.5. The van der Waals surface area contributed by atoms with E-state index in [1.165, 1.54) is 51.4 Å². The zero-order chi connectivity index (χ0) is 13.8. The first-order chi connectivity index (χ1) is 8.61. The van der Waals surface area contributed by atoms with Gasteiger partial charge in [0.2, 0.25) is 5.91 Å². The first kappa shape index (κ1) is 17.2. The Kier molecular flexibility index (Phi) is 10.8. The summed E-state index contributed by atoms with van der Waals surface area (Å²) in [7, 11) is 0. The molecular weight excluding hydrogens is 222 g/mol. The van der Waals surface area contributed by atoms with Crippen molar-refractivity contribution in [1.29, 1.82) is 0 Å². The third-order valence-electron chi connectivity index (χ3n) is 3.58. The Balaban J connectivity index is 4.05. The summed E-state index contributed by atoms with van der Waals surface area (Å²) in [5.74, 6) is 0.450. The van der Waals surface area contributed by atoms with Crippen molar-refractivity contribution in [1.82, 2.24) is 0 Å². The average molecular weight is 253 g/mol. The van der Waals surface area contributed by atoms with Gasteiger partial charge in [0, 0.05) is 5.57 Å². The van der Waals surface area contributed by atoms with Crippen LogP contribution in [0.1, 0.15) is 78.6 Å². The lowest BCUT2D eigenvalue weighted by molar-refractivity contribution is -0.114. The fourth-order valence-corrected chi connectivity index (χ4v) is 2.18. The lowest BCUT2D eigenvalue weighted by Crippen LogP contribution is -2.12. The van der Waals surface area contributed by atoms with Crippen LogP contribution in [0.15, 0.2) is 11.6 Å². The lowest BCUT2D eigenvalue weighted by atomic mass is 9.91. The SMILES string of the molecule is CCCCCCC(C/C=C(\C)C(N)=O)CCCC. The number of hydrogen-bond acceptors (Lipinski definition) is 1. The van der Waals surface area contributed by atoms with E-state index in [4.69, 9.17) is 5.73 Å². The smallest absolute Gasteiger partial charge is 0.244 e. The van der Waals surface area contributed by atoms with E-state index < -0.39 is 0 Å². The Morgan fingerprint density at radius 1 is 1.06 bits per heavy atom. The van der Waals surface area contributed by atoms with Crippen LogP contribution in [0.5, 0.6) is 0 Å². The Hall–Kier alpha value is -0.790. The van der Waals surface area contributed by atoms with Crippen molar-refractivity contribution in [2.75, 3.05) is 0 Å². The zero-order valence-corrected chi connectivity index (χ0v) is 12.5. The van der Waals surface area contributed by atoms with Gasteiger partial charge in [0.1, 0.15) is 0 Å². The number of hydrogen-bond donors (Lipinski definition) is 1. The Morgan fingerprint density at radius 3 is 2.22 bits per heavy atom. The number of carbonyl (C=O) groups is 1. The first-order valence-electron chi connectivity index (χ1n) is 7.58. The summed E-state index contributed by atoms with van der Waals surface area (Å²) in [4.78, 5) is 11.0. The van der Waals surface area contributed by atoms with Crippen LogP contribution in [0.4, 0.5) is 0 Å². The Labute approximate surface area is 113 Å². The van der Waals surface area contributed by atoms with Crippen LogP contribution in [-0.2, 0) is 4.79 Å². The van der Waals surface area contributed by atoms with Gasteiger partial charge in [-0.15, -0.1) is 0 Å². The van der Waals surface area contributed by atoms with Gasteiger partial charge in [-0.3, -0.25) is 4.79 Å². The molecule has 106 valence electrons. The maximum absolute atomic E-state index is 11.0. The molecule has 0 rings (SSSR count). The van der Waals surface area contributed by atoms with Gasteiger partial charge in [-0.2, -0.15) is 0 Å². The number of nitrogens with two attached hydrogens (primary N) is 1. The predicted octanol–water partition coefficient (Wildman–Crippen LogP) is 4.58. The van der Waals surface area contributed by atoms with Gasteiger partial charge in [0.15, 0.2) is 0 Å². The fourth-order valence-electron chi connectivity index (χ4n) is 2.18. The number of rotatable bonds is 11. The van der Waals surface area contributed by atoms with Crippen LogP contribution in [0, 0.1) is 5.92 Å². The van der Waals surface area contributed by atoms with E-state index in [1.807, 2.05) is 13.0 Å². The molecule has 0 bridgehead atoms. The highest BCUT2D eigenvalue weighted by Crippen LogP contribution is 2.21. The van der Waals surface area contributed by atoms with Crippen molar-refractivity contribution in [3.8, 4) is 0 Å². The monoisotopic (exact) mass is 253 g/mol. The van der Waals surface area contributed by atoms with Gasteiger partial charge in [0.25, 0.3) is 0 Å². The van der Waals surface area contributed by atoms with Crippen LogP contribution in [0.25, 0.3) is 0 Å². The van der Waals surface area contributed by atoms with Crippen LogP contribution in [0.3, 0.4) is 0 Å². The quantitative estimate of drug-likeness (QED) is 0.425. The minimum atomic E-state index is -0.282. The highest BCUT2D eigenvalue weighted by Gasteiger charge is 2.07. The van der Waals surface area contributed by atoms with Crippen molar-refractivity contribution < 1.29 is 4.79 Å². The van der Waals surface area contributed by atoms with E-state index in [1.54, 1.807) is 0 Å². The van der Waals surface area contributed by atoms with E-state index in [2.05, 4.69) is 13.8 Å². The van der Waals surface area contributed by atoms with Gasteiger partial charge >= 0.3 is 0 Å². The molecule has 18 heavy (non-hydrogen) atoms. The van der Waals surface area contributed by atoms with Crippen molar-refractivity contribution in [2.24, 2.45) is 11.7 Å². The molecule has 0 fully saturated rings. The molecule has 0 aliphatic rings. The molecule has 0 aliphatic heterocycles. The van der Waals surface area contributed by atoms with Gasteiger partial charge in [-0.1, -0.05) is 71.3 Å².